The normalized spacial score (nSPS) is 23.7. The van der Waals surface area contributed by atoms with Crippen molar-refractivity contribution in [3.05, 3.63) is 47.3 Å². The summed E-state index contributed by atoms with van der Waals surface area (Å²) in [4.78, 5) is 29.3. The largest absolute Gasteiger partial charge is 0.465 e. The predicted octanol–water partition coefficient (Wildman–Crippen LogP) is 4.90. The van der Waals surface area contributed by atoms with Gasteiger partial charge in [0.25, 0.3) is 0 Å². The van der Waals surface area contributed by atoms with Crippen LogP contribution in [-0.4, -0.2) is 66.1 Å². The molecule has 0 radical (unpaired) electrons. The van der Waals surface area contributed by atoms with Crippen molar-refractivity contribution in [3.63, 3.8) is 0 Å². The Morgan fingerprint density at radius 1 is 1.11 bits per heavy atom. The standard InChI is InChI=1S/C26H35FN2O3S.2ClH/c1-2-32-24(30)17-28-12-9-18(10-13-28)15-20-16-29(14-11-23(20)33)25(26(31)19-7-8-19)21-5-3-4-6-22(21)27;;/h3-6,15,18-19,23,25,33H,2,7-14,16-17H2,1H3;2*1H/b20-15-;;. The maximum Gasteiger partial charge on any atom is 0.320 e. The van der Waals surface area contributed by atoms with Crippen molar-refractivity contribution in [1.82, 2.24) is 9.80 Å². The number of thiol groups is 1. The fourth-order valence-electron chi connectivity index (χ4n) is 5.06. The van der Waals surface area contributed by atoms with E-state index < -0.39 is 6.04 Å². The average molecular weight is 548 g/mol. The summed E-state index contributed by atoms with van der Waals surface area (Å²) < 4.78 is 19.8. The van der Waals surface area contributed by atoms with Crippen molar-refractivity contribution >= 4 is 49.2 Å². The molecule has 0 N–H and O–H groups in total. The molecule has 1 aromatic carbocycles. The highest BCUT2D eigenvalue weighted by atomic mass is 35.5. The number of carbonyl (C=O) groups excluding carboxylic acids is 2. The van der Waals surface area contributed by atoms with E-state index in [1.807, 2.05) is 13.0 Å². The van der Waals surface area contributed by atoms with Crippen LogP contribution in [0.3, 0.4) is 0 Å². The van der Waals surface area contributed by atoms with E-state index in [2.05, 4.69) is 15.9 Å². The molecule has 9 heteroatoms. The van der Waals surface area contributed by atoms with E-state index >= 15 is 0 Å². The summed E-state index contributed by atoms with van der Waals surface area (Å²) in [6.45, 7) is 5.72. The SMILES string of the molecule is CCOC(=O)CN1CCC(/C=C2/CN(C(C(=O)C3CC3)c3ccccc3F)CCC2S)CC1.Cl.Cl. The van der Waals surface area contributed by atoms with Gasteiger partial charge in [-0.15, -0.1) is 24.8 Å². The molecule has 2 saturated heterocycles. The Labute approximate surface area is 226 Å². The van der Waals surface area contributed by atoms with Crippen LogP contribution in [0.4, 0.5) is 4.39 Å². The van der Waals surface area contributed by atoms with Gasteiger partial charge in [-0.05, 0) is 69.7 Å². The van der Waals surface area contributed by atoms with Crippen molar-refractivity contribution in [3.8, 4) is 0 Å². The Balaban J connectivity index is 0.00000216. The van der Waals surface area contributed by atoms with Gasteiger partial charge in [0.05, 0.1) is 19.2 Å². The second-order valence-corrected chi connectivity index (χ2v) is 10.2. The molecule has 0 aromatic heterocycles. The van der Waals surface area contributed by atoms with E-state index in [1.54, 1.807) is 12.1 Å². The Bertz CT molecular complexity index is 891. The minimum absolute atomic E-state index is 0. The van der Waals surface area contributed by atoms with E-state index in [9.17, 15) is 14.0 Å². The number of ether oxygens (including phenoxy) is 1. The molecule has 2 aliphatic heterocycles. The number of benzene rings is 1. The molecular formula is C26H37Cl2FN2O3S. The van der Waals surface area contributed by atoms with Gasteiger partial charge < -0.3 is 4.74 Å². The van der Waals surface area contributed by atoms with Gasteiger partial charge in [0.15, 0.2) is 5.78 Å². The van der Waals surface area contributed by atoms with E-state index in [1.165, 1.54) is 11.6 Å². The number of Topliss-reactive ketones (excluding diaryl/α,β-unsaturated/α-hetero) is 1. The number of hydrogen-bond acceptors (Lipinski definition) is 6. The minimum atomic E-state index is -0.519. The number of ketones is 1. The Kier molecular flexibility index (Phi) is 12.0. The first-order chi connectivity index (χ1) is 16.0. The molecule has 0 spiro atoms. The molecule has 3 aliphatic rings. The van der Waals surface area contributed by atoms with Crippen LogP contribution < -0.4 is 0 Å². The van der Waals surface area contributed by atoms with Crippen molar-refractivity contribution in [2.45, 2.75) is 50.3 Å². The second-order valence-electron chi connectivity index (χ2n) is 9.54. The van der Waals surface area contributed by atoms with Crippen LogP contribution in [0, 0.1) is 17.7 Å². The van der Waals surface area contributed by atoms with Gasteiger partial charge in [-0.2, -0.15) is 12.6 Å². The fourth-order valence-corrected chi connectivity index (χ4v) is 5.35. The number of rotatable bonds is 8. The first kappa shape index (κ1) is 30.1. The van der Waals surface area contributed by atoms with E-state index in [0.29, 0.717) is 31.2 Å². The monoisotopic (exact) mass is 546 g/mol. The maximum atomic E-state index is 14.7. The lowest BCUT2D eigenvalue weighted by Gasteiger charge is -2.38. The molecule has 2 heterocycles. The highest BCUT2D eigenvalue weighted by Gasteiger charge is 2.41. The van der Waals surface area contributed by atoms with Gasteiger partial charge >= 0.3 is 5.97 Å². The molecule has 2 atom stereocenters. The fraction of sp³-hybridized carbons (Fsp3) is 0.615. The molecule has 0 bridgehead atoms. The zero-order valence-corrected chi connectivity index (χ0v) is 22.8. The van der Waals surface area contributed by atoms with Gasteiger partial charge in [0, 0.05) is 29.8 Å². The van der Waals surface area contributed by atoms with Crippen molar-refractivity contribution < 1.29 is 18.7 Å². The maximum absolute atomic E-state index is 14.7. The zero-order valence-electron chi connectivity index (χ0n) is 20.2. The van der Waals surface area contributed by atoms with E-state index in [-0.39, 0.29) is 53.6 Å². The second kappa shape index (κ2) is 14.0. The van der Waals surface area contributed by atoms with Crippen molar-refractivity contribution in [2.24, 2.45) is 11.8 Å². The molecule has 4 rings (SSSR count). The van der Waals surface area contributed by atoms with Gasteiger partial charge in [-0.1, -0.05) is 24.3 Å². The third-order valence-electron chi connectivity index (χ3n) is 7.06. The van der Waals surface area contributed by atoms with Crippen molar-refractivity contribution in [1.29, 1.82) is 0 Å². The minimum Gasteiger partial charge on any atom is -0.465 e. The van der Waals surface area contributed by atoms with Crippen molar-refractivity contribution in [2.75, 3.05) is 39.3 Å². The average Bonchev–Trinajstić information content (AvgIpc) is 3.64. The van der Waals surface area contributed by atoms with Gasteiger partial charge in [-0.3, -0.25) is 19.4 Å². The summed E-state index contributed by atoms with van der Waals surface area (Å²) in [6.07, 6.45) is 6.99. The van der Waals surface area contributed by atoms with Gasteiger partial charge in [0.2, 0.25) is 0 Å². The van der Waals surface area contributed by atoms with Gasteiger partial charge in [0.1, 0.15) is 5.82 Å². The van der Waals surface area contributed by atoms with E-state index in [0.717, 1.165) is 51.7 Å². The zero-order chi connectivity index (χ0) is 23.4. The summed E-state index contributed by atoms with van der Waals surface area (Å²) in [5, 5.41) is 0.163. The number of halogens is 3. The first-order valence-corrected chi connectivity index (χ1v) is 12.8. The number of carbonyl (C=O) groups is 2. The summed E-state index contributed by atoms with van der Waals surface area (Å²) >= 11 is 4.84. The molecular weight excluding hydrogens is 510 g/mol. The molecule has 1 aliphatic carbocycles. The molecule has 35 heavy (non-hydrogen) atoms. The van der Waals surface area contributed by atoms with Crippen LogP contribution in [0.2, 0.25) is 0 Å². The Morgan fingerprint density at radius 2 is 1.80 bits per heavy atom. The van der Waals surface area contributed by atoms with Crippen LogP contribution in [0.5, 0.6) is 0 Å². The topological polar surface area (TPSA) is 49.9 Å². The number of esters is 1. The first-order valence-electron chi connectivity index (χ1n) is 12.2. The third kappa shape index (κ3) is 7.93. The quantitative estimate of drug-likeness (QED) is 0.285. The lowest BCUT2D eigenvalue weighted by atomic mass is 9.89. The molecule has 3 fully saturated rings. The highest BCUT2D eigenvalue weighted by Crippen LogP contribution is 2.39. The summed E-state index contributed by atoms with van der Waals surface area (Å²) in [6, 6.07) is 6.19. The number of nitrogens with zero attached hydrogens (tertiary/aromatic N) is 2. The number of piperidine rings is 2. The lowest BCUT2D eigenvalue weighted by molar-refractivity contribution is -0.144. The molecule has 1 aromatic rings. The number of likely N-dealkylation sites (tertiary alicyclic amines) is 2. The van der Waals surface area contributed by atoms with Crippen LogP contribution in [0.25, 0.3) is 0 Å². The molecule has 0 amide bonds. The number of allylic oxidation sites excluding steroid dienone is 1. The smallest absolute Gasteiger partial charge is 0.320 e. The van der Waals surface area contributed by atoms with Crippen LogP contribution in [0.15, 0.2) is 35.9 Å². The summed E-state index contributed by atoms with van der Waals surface area (Å²) in [5.41, 5.74) is 1.73. The lowest BCUT2D eigenvalue weighted by Crippen LogP contribution is -2.43. The number of hydrogen-bond donors (Lipinski definition) is 1. The predicted molar refractivity (Wildman–Crippen MR) is 144 cm³/mol. The summed E-state index contributed by atoms with van der Waals surface area (Å²) in [7, 11) is 0. The van der Waals surface area contributed by atoms with Crippen LogP contribution in [0.1, 0.15) is 50.6 Å². The Hall–Kier alpha value is -1.12. The molecule has 196 valence electrons. The third-order valence-corrected chi connectivity index (χ3v) is 7.65. The van der Waals surface area contributed by atoms with Crippen LogP contribution in [-0.2, 0) is 14.3 Å². The van der Waals surface area contributed by atoms with Gasteiger partial charge in [-0.25, -0.2) is 4.39 Å². The highest BCUT2D eigenvalue weighted by molar-refractivity contribution is 7.81. The van der Waals surface area contributed by atoms with Crippen LogP contribution >= 0.6 is 37.4 Å². The van der Waals surface area contributed by atoms with E-state index in [4.69, 9.17) is 17.4 Å². The summed E-state index contributed by atoms with van der Waals surface area (Å²) in [5.74, 6) is 0.194. The Morgan fingerprint density at radius 3 is 2.43 bits per heavy atom. The molecule has 5 nitrogen and oxygen atoms in total. The molecule has 1 saturated carbocycles. The molecule has 2 unspecified atom stereocenters.